The Morgan fingerprint density at radius 1 is 1.02 bits per heavy atom. The molecule has 3 heterocycles. The minimum Gasteiger partial charge on any atom is -0.387 e. The molecule has 52 heavy (non-hydrogen) atoms. The summed E-state index contributed by atoms with van der Waals surface area (Å²) >= 11 is 1.61. The molecule has 1 amide bonds. The fourth-order valence-corrected chi connectivity index (χ4v) is 7.35. The van der Waals surface area contributed by atoms with Crippen molar-refractivity contribution in [1.29, 1.82) is 10.8 Å². The largest absolute Gasteiger partial charge is 0.387 e. The molecule has 0 spiro atoms. The van der Waals surface area contributed by atoms with E-state index in [1.165, 1.54) is 52.2 Å². The predicted molar refractivity (Wildman–Crippen MR) is 233 cm³/mol. The molecule has 6 N–H and O–H groups in total. The molecule has 1 fully saturated rings. The summed E-state index contributed by atoms with van der Waals surface area (Å²) in [5.74, 6) is 0.755. The van der Waals surface area contributed by atoms with Crippen LogP contribution in [0.15, 0.2) is 78.4 Å². The number of rotatable bonds is 6. The Morgan fingerprint density at radius 3 is 2.21 bits per heavy atom. The van der Waals surface area contributed by atoms with E-state index in [2.05, 4.69) is 107 Å². The highest BCUT2D eigenvalue weighted by Crippen LogP contribution is 2.47. The second-order valence-electron chi connectivity index (χ2n) is 11.8. The number of nitrogens with zero attached hydrogens (tertiary/aromatic N) is 2. The number of amidine groups is 1. The van der Waals surface area contributed by atoms with Gasteiger partial charge >= 0.3 is 0 Å². The molecule has 2 aliphatic heterocycles. The third kappa shape index (κ3) is 11.6. The third-order valence-corrected chi connectivity index (χ3v) is 9.73. The number of nitrogens with two attached hydrogens (primary N) is 2. The van der Waals surface area contributed by atoms with Crippen molar-refractivity contribution < 1.29 is 4.79 Å². The summed E-state index contributed by atoms with van der Waals surface area (Å²) < 4.78 is 0. The second kappa shape index (κ2) is 24.7. The molecule has 1 saturated heterocycles. The van der Waals surface area contributed by atoms with Crippen molar-refractivity contribution in [3.8, 4) is 0 Å². The van der Waals surface area contributed by atoms with Crippen LogP contribution in [0.5, 0.6) is 0 Å². The van der Waals surface area contributed by atoms with Crippen LogP contribution in [0.25, 0.3) is 16.5 Å². The Morgan fingerprint density at radius 2 is 1.65 bits per heavy atom. The standard InChI is InChI=1S/C20H21NO.C16H21N3S.2C2H6.C2H4.CH5N.CH3N/c1-3-4-6-14-11-15-7-5-8-16-13(2)21-18(9-10-19(21)22)17(12-14)20(15)16;1-9-5-7-13(8-6-9)15(18)14-10(2)11(3)20-16(14)19-12(4)17;5*1-2/h5,7-8,11-12,18H,2-4,6,9-10H2,1H3;5,7,18H,6,8H2,1-4H3,(H2,17,19);2*1-2H3;1-2H2;2H2,1H3;2H,1H2. The third-order valence-electron chi connectivity index (χ3n) is 8.63. The molecular weight excluding hydrogens is 661 g/mol. The summed E-state index contributed by atoms with van der Waals surface area (Å²) in [4.78, 5) is 19.8. The highest BCUT2D eigenvalue weighted by Gasteiger charge is 2.39. The van der Waals surface area contributed by atoms with Crippen LogP contribution in [0.1, 0.15) is 126 Å². The zero-order valence-corrected chi connectivity index (χ0v) is 34.6. The van der Waals surface area contributed by atoms with Crippen LogP contribution in [0, 0.1) is 24.7 Å². The Bertz CT molecular complexity index is 1720. The number of fused-ring (bicyclic) bond motifs is 2. The van der Waals surface area contributed by atoms with Gasteiger partial charge in [-0.05, 0) is 107 Å². The van der Waals surface area contributed by atoms with Gasteiger partial charge in [-0.2, -0.15) is 0 Å². The van der Waals surface area contributed by atoms with Gasteiger partial charge in [0.2, 0.25) is 5.91 Å². The second-order valence-corrected chi connectivity index (χ2v) is 13.0. The van der Waals surface area contributed by atoms with E-state index in [4.69, 9.17) is 16.6 Å². The van der Waals surface area contributed by atoms with Crippen molar-refractivity contribution in [3.05, 3.63) is 106 Å². The summed E-state index contributed by atoms with van der Waals surface area (Å²) in [6.07, 6.45) is 11.2. The first-order valence-electron chi connectivity index (χ1n) is 18.5. The van der Waals surface area contributed by atoms with Crippen molar-refractivity contribution >= 4 is 57.0 Å². The van der Waals surface area contributed by atoms with E-state index >= 15 is 0 Å². The van der Waals surface area contributed by atoms with E-state index < -0.39 is 0 Å². The Kier molecular flexibility index (Phi) is 22.6. The molecule has 7 nitrogen and oxygen atoms in total. The average molecular weight is 727 g/mol. The van der Waals surface area contributed by atoms with E-state index in [0.717, 1.165) is 58.6 Å². The Balaban J connectivity index is 0.000000811. The predicted octanol–water partition coefficient (Wildman–Crippen LogP) is 11.9. The zero-order valence-electron chi connectivity index (χ0n) is 33.8. The van der Waals surface area contributed by atoms with E-state index in [1.807, 2.05) is 32.6 Å². The van der Waals surface area contributed by atoms with Gasteiger partial charge in [-0.15, -0.1) is 24.5 Å². The summed E-state index contributed by atoms with van der Waals surface area (Å²) in [5.41, 5.74) is 20.1. The van der Waals surface area contributed by atoms with Gasteiger partial charge in [0.15, 0.2) is 0 Å². The molecule has 3 aliphatic rings. The Labute approximate surface area is 319 Å². The van der Waals surface area contributed by atoms with Gasteiger partial charge in [0.25, 0.3) is 0 Å². The number of aryl methyl sites for hydroxylation is 2. The van der Waals surface area contributed by atoms with Gasteiger partial charge < -0.3 is 21.8 Å². The van der Waals surface area contributed by atoms with E-state index in [0.29, 0.717) is 18.0 Å². The van der Waals surface area contributed by atoms with Crippen LogP contribution < -0.4 is 11.5 Å². The number of unbranched alkanes of at least 4 members (excludes halogenated alkanes) is 1. The molecule has 6 rings (SSSR count). The minimum absolute atomic E-state index is 0.193. The van der Waals surface area contributed by atoms with Crippen molar-refractivity contribution in [2.75, 3.05) is 7.05 Å². The number of amides is 1. The molecule has 1 atom stereocenters. The highest BCUT2D eigenvalue weighted by atomic mass is 32.1. The molecule has 8 heteroatoms. The summed E-state index contributed by atoms with van der Waals surface area (Å²) in [5, 5.41) is 17.5. The Hall–Kier alpha value is -4.40. The first-order chi connectivity index (χ1) is 25.1. The van der Waals surface area contributed by atoms with Crippen LogP contribution >= 0.6 is 11.3 Å². The lowest BCUT2D eigenvalue weighted by atomic mass is 9.86. The lowest BCUT2D eigenvalue weighted by Gasteiger charge is -2.34. The molecule has 0 bridgehead atoms. The van der Waals surface area contributed by atoms with Crippen LogP contribution in [-0.4, -0.2) is 36.1 Å². The lowest BCUT2D eigenvalue weighted by Crippen LogP contribution is -2.29. The van der Waals surface area contributed by atoms with Crippen molar-refractivity contribution in [3.63, 3.8) is 0 Å². The molecule has 2 aromatic carbocycles. The maximum Gasteiger partial charge on any atom is 0.227 e. The number of aliphatic imine (C=N–C) groups is 1. The maximum absolute atomic E-state index is 12.3. The molecule has 0 saturated carbocycles. The molecule has 284 valence electrons. The number of hydrogen-bond donors (Lipinski definition) is 4. The molecular formula is C44H66N6OS. The van der Waals surface area contributed by atoms with Crippen LogP contribution in [0.4, 0.5) is 5.00 Å². The number of nitrogens with one attached hydrogen (secondary N) is 2. The normalized spacial score (nSPS) is 15.0. The monoisotopic (exact) mass is 727 g/mol. The fourth-order valence-electron chi connectivity index (χ4n) is 6.25. The number of carbonyl (C=O) groups excluding carboxylic acids is 1. The van der Waals surface area contributed by atoms with E-state index in [1.54, 1.807) is 18.3 Å². The summed E-state index contributed by atoms with van der Waals surface area (Å²) in [7, 11) is 1.50. The number of benzene rings is 2. The van der Waals surface area contributed by atoms with E-state index in [9.17, 15) is 4.79 Å². The first-order valence-corrected chi connectivity index (χ1v) is 19.3. The highest BCUT2D eigenvalue weighted by molar-refractivity contribution is 7.16. The van der Waals surface area contributed by atoms with E-state index in [-0.39, 0.29) is 11.9 Å². The number of thiophene rings is 1. The van der Waals surface area contributed by atoms with Gasteiger partial charge in [0.05, 0.1) is 17.6 Å². The SMILES string of the molecule is C=C.C=C1c2cccc3cc(CCCC)cc(c23)C2CCC(=O)N12.C=N.CC.CC.CC1=CC=C(C(=N)c2c(/N=C(\C)N)sc(C)c2C)CC1.CN. The van der Waals surface area contributed by atoms with Crippen LogP contribution in [0.3, 0.4) is 0 Å². The number of hydrogen-bond acceptors (Lipinski definition) is 6. The van der Waals surface area contributed by atoms with Gasteiger partial charge in [-0.25, -0.2) is 4.99 Å². The number of allylic oxidation sites excluding steroid dienone is 4. The van der Waals surface area contributed by atoms with Crippen LogP contribution in [0.2, 0.25) is 0 Å². The minimum atomic E-state index is 0.193. The van der Waals surface area contributed by atoms with Gasteiger partial charge in [-0.3, -0.25) is 10.2 Å². The first kappa shape index (κ1) is 47.6. The van der Waals surface area contributed by atoms with Gasteiger partial charge in [0.1, 0.15) is 5.00 Å². The lowest BCUT2D eigenvalue weighted by molar-refractivity contribution is -0.125. The molecule has 0 radical (unpaired) electrons. The van der Waals surface area contributed by atoms with Crippen molar-refractivity contribution in [2.45, 2.75) is 113 Å². The average Bonchev–Trinajstić information content (AvgIpc) is 3.71. The fraction of sp³-hybridized carbons (Fsp3) is 0.409. The molecule has 1 aromatic heterocycles. The smallest absolute Gasteiger partial charge is 0.227 e. The van der Waals surface area contributed by atoms with Crippen molar-refractivity contribution in [1.82, 2.24) is 4.90 Å². The van der Waals surface area contributed by atoms with Crippen LogP contribution in [-0.2, 0) is 11.2 Å². The topological polar surface area (TPSA) is 132 Å². The maximum atomic E-state index is 12.3. The molecule has 3 aromatic rings. The van der Waals surface area contributed by atoms with Gasteiger partial charge in [0, 0.05) is 28.1 Å². The van der Waals surface area contributed by atoms with Gasteiger partial charge in [-0.1, -0.05) is 95.7 Å². The van der Waals surface area contributed by atoms with Crippen molar-refractivity contribution in [2.24, 2.45) is 16.5 Å². The molecule has 1 unspecified atom stereocenters. The summed E-state index contributed by atoms with van der Waals surface area (Å²) in [6.45, 7) is 31.0. The number of carbonyl (C=O) groups is 1. The molecule has 1 aliphatic carbocycles. The summed E-state index contributed by atoms with van der Waals surface area (Å²) in [6, 6.07) is 11.2. The zero-order chi connectivity index (χ0) is 40.1. The quantitative estimate of drug-likeness (QED) is 0.114.